The molecule has 0 fully saturated rings. The Morgan fingerprint density at radius 2 is 1.25 bits per heavy atom. The third-order valence-corrected chi connectivity index (χ3v) is 6.32. The molecule has 0 rings (SSSR count). The van der Waals surface area contributed by atoms with Gasteiger partial charge in [-0.25, -0.2) is 4.57 Å². The second kappa shape index (κ2) is 28.5. The Morgan fingerprint density at radius 1 is 0.750 bits per heavy atom. The van der Waals surface area contributed by atoms with Crippen LogP contribution < -0.4 is 5.73 Å². The maximum absolute atomic E-state index is 11.8. The number of nitrogens with two attached hydrogens (primary N) is 1. The van der Waals surface area contributed by atoms with Crippen molar-refractivity contribution < 1.29 is 33.1 Å². The minimum absolute atomic E-state index is 0.0661. The summed E-state index contributed by atoms with van der Waals surface area (Å²) >= 11 is 0. The number of aliphatic hydroxyl groups is 1. The molecule has 0 heterocycles. The smallest absolute Gasteiger partial charge is 0.463 e. The first-order chi connectivity index (χ1) is 19.4. The second-order valence-electron chi connectivity index (χ2n) is 9.09. The number of hydrogen-bond acceptors (Lipinski definition) is 7. The van der Waals surface area contributed by atoms with Crippen molar-refractivity contribution in [2.24, 2.45) is 5.73 Å². The van der Waals surface area contributed by atoms with Gasteiger partial charge in [-0.3, -0.25) is 13.8 Å². The molecule has 0 aliphatic heterocycles. The summed E-state index contributed by atoms with van der Waals surface area (Å²) < 4.78 is 25.6. The van der Waals surface area contributed by atoms with Crippen molar-refractivity contribution in [3.8, 4) is 0 Å². The number of unbranched alkanes of at least 4 members (excludes halogenated alkanes) is 4. The van der Waals surface area contributed by atoms with Gasteiger partial charge in [-0.05, 0) is 57.8 Å². The first-order valence-electron chi connectivity index (χ1n) is 14.5. The zero-order chi connectivity index (χ0) is 29.6. The highest BCUT2D eigenvalue weighted by Gasteiger charge is 2.22. The number of ether oxygens (including phenoxy) is 1. The molecular weight excluding hydrogens is 529 g/mol. The molecule has 2 atom stereocenters. The third kappa shape index (κ3) is 28.9. The largest absolute Gasteiger partial charge is 0.472 e. The van der Waals surface area contributed by atoms with Crippen molar-refractivity contribution in [2.75, 3.05) is 26.4 Å². The molecule has 0 amide bonds. The van der Waals surface area contributed by atoms with Crippen molar-refractivity contribution in [3.05, 3.63) is 72.9 Å². The van der Waals surface area contributed by atoms with Gasteiger partial charge in [0.05, 0.1) is 13.2 Å². The fourth-order valence-corrected chi connectivity index (χ4v) is 3.99. The van der Waals surface area contributed by atoms with Gasteiger partial charge >= 0.3 is 13.8 Å². The van der Waals surface area contributed by atoms with E-state index < -0.39 is 26.5 Å². The molecule has 4 N–H and O–H groups in total. The maximum Gasteiger partial charge on any atom is 0.472 e. The molecule has 0 aromatic carbocycles. The van der Waals surface area contributed by atoms with Crippen LogP contribution in [0.5, 0.6) is 0 Å². The molecule has 228 valence electrons. The number of esters is 1. The van der Waals surface area contributed by atoms with Gasteiger partial charge in [-0.1, -0.05) is 92.7 Å². The molecule has 0 radical (unpaired) electrons. The molecule has 0 saturated heterocycles. The summed E-state index contributed by atoms with van der Waals surface area (Å²) in [6.07, 6.45) is 36.1. The molecule has 40 heavy (non-hydrogen) atoms. The fraction of sp³-hybridized carbons (Fsp3) is 0.581. The Balaban J connectivity index is 3.61. The number of phosphoric acid groups is 1. The van der Waals surface area contributed by atoms with Gasteiger partial charge in [0.1, 0.15) is 12.7 Å². The number of carbonyl (C=O) groups excluding carboxylic acids is 1. The van der Waals surface area contributed by atoms with E-state index in [2.05, 4.69) is 88.9 Å². The lowest BCUT2D eigenvalue weighted by molar-refractivity contribution is -0.147. The van der Waals surface area contributed by atoms with Gasteiger partial charge in [0, 0.05) is 13.0 Å². The van der Waals surface area contributed by atoms with E-state index in [0.717, 1.165) is 64.2 Å². The minimum Gasteiger partial charge on any atom is -0.463 e. The van der Waals surface area contributed by atoms with E-state index >= 15 is 0 Å². The Bertz CT molecular complexity index is 834. The van der Waals surface area contributed by atoms with E-state index in [1.165, 1.54) is 0 Å². The zero-order valence-corrected chi connectivity index (χ0v) is 25.2. The monoisotopic (exact) mass is 581 g/mol. The highest BCUT2D eigenvalue weighted by molar-refractivity contribution is 7.47. The van der Waals surface area contributed by atoms with Crippen molar-refractivity contribution in [2.45, 2.75) is 90.1 Å². The van der Waals surface area contributed by atoms with Gasteiger partial charge in [0.25, 0.3) is 0 Å². The lowest BCUT2D eigenvalue weighted by Crippen LogP contribution is -2.23. The predicted octanol–water partition coefficient (Wildman–Crippen LogP) is 7.02. The summed E-state index contributed by atoms with van der Waals surface area (Å²) in [4.78, 5) is 21.1. The van der Waals surface area contributed by atoms with Gasteiger partial charge in [0.2, 0.25) is 0 Å². The molecule has 0 bridgehead atoms. The summed E-state index contributed by atoms with van der Waals surface area (Å²) in [5.41, 5.74) is 5.18. The molecule has 0 aliphatic rings. The van der Waals surface area contributed by atoms with Crippen LogP contribution in [0.4, 0.5) is 0 Å². The molecule has 0 saturated carbocycles. The highest BCUT2D eigenvalue weighted by atomic mass is 31.2. The number of carbonyl (C=O) groups is 1. The van der Waals surface area contributed by atoms with Crippen LogP contribution in [0.2, 0.25) is 0 Å². The van der Waals surface area contributed by atoms with E-state index in [1.54, 1.807) is 0 Å². The molecule has 2 unspecified atom stereocenters. The van der Waals surface area contributed by atoms with Crippen LogP contribution in [0.3, 0.4) is 0 Å². The first kappa shape index (κ1) is 37.9. The molecule has 0 aromatic rings. The van der Waals surface area contributed by atoms with Gasteiger partial charge in [-0.2, -0.15) is 0 Å². The minimum atomic E-state index is -4.26. The average molecular weight is 582 g/mol. The number of aliphatic hydroxyl groups excluding tert-OH is 1. The number of allylic oxidation sites excluding steroid dienone is 12. The number of rotatable bonds is 26. The van der Waals surface area contributed by atoms with E-state index in [9.17, 15) is 19.4 Å². The standard InChI is InChI=1S/C31H52NO7P/c1-2-3-4-5-6-7-8-9-10-11-12-13-14-15-16-17-18-19-20-21-22-23-24-25-31(34)37-28-30(33)29-39-40(35,36)38-27-26-32/h3-4,6-7,9-10,12-13,15-16,18-19,30,33H,2,5,8,11,14,17,20-29,32H2,1H3,(H,35,36)/b4-3-,7-6-,10-9-,13-12-,16-15-,19-18-. The van der Waals surface area contributed by atoms with Gasteiger partial charge < -0.3 is 20.5 Å². The molecule has 8 nitrogen and oxygen atoms in total. The van der Waals surface area contributed by atoms with Crippen LogP contribution in [-0.2, 0) is 23.1 Å². The summed E-state index contributed by atoms with van der Waals surface area (Å²) in [6, 6.07) is 0. The molecular formula is C31H52NO7P. The first-order valence-corrected chi connectivity index (χ1v) is 16.0. The zero-order valence-electron chi connectivity index (χ0n) is 24.3. The average Bonchev–Trinajstić information content (AvgIpc) is 2.94. The van der Waals surface area contributed by atoms with Crippen LogP contribution in [0.25, 0.3) is 0 Å². The molecule has 0 spiro atoms. The van der Waals surface area contributed by atoms with E-state index in [0.29, 0.717) is 6.42 Å². The fourth-order valence-electron chi connectivity index (χ4n) is 3.22. The third-order valence-electron chi connectivity index (χ3n) is 5.34. The lowest BCUT2D eigenvalue weighted by atomic mass is 10.1. The van der Waals surface area contributed by atoms with Crippen molar-refractivity contribution in [1.82, 2.24) is 0 Å². The Hall–Kier alpha value is -2.06. The summed E-state index contributed by atoms with van der Waals surface area (Å²) in [5, 5.41) is 9.71. The highest BCUT2D eigenvalue weighted by Crippen LogP contribution is 2.42. The summed E-state index contributed by atoms with van der Waals surface area (Å²) in [7, 11) is -4.26. The normalized spacial score (nSPS) is 15.0. The van der Waals surface area contributed by atoms with E-state index in [4.69, 9.17) is 10.5 Å². The van der Waals surface area contributed by atoms with Crippen molar-refractivity contribution in [3.63, 3.8) is 0 Å². The molecule has 0 aliphatic carbocycles. The Kier molecular flexibility index (Phi) is 27.0. The van der Waals surface area contributed by atoms with Gasteiger partial charge in [0.15, 0.2) is 0 Å². The van der Waals surface area contributed by atoms with Crippen LogP contribution in [-0.4, -0.2) is 48.4 Å². The van der Waals surface area contributed by atoms with Crippen molar-refractivity contribution >= 4 is 13.8 Å². The van der Waals surface area contributed by atoms with Gasteiger partial charge in [-0.15, -0.1) is 0 Å². The quantitative estimate of drug-likeness (QED) is 0.0430. The molecule has 0 aromatic heterocycles. The Labute approximate surface area is 242 Å². The molecule has 9 heteroatoms. The van der Waals surface area contributed by atoms with E-state index in [1.807, 2.05) is 0 Å². The SMILES string of the molecule is CC/C=C\C/C=C\C/C=C\C/C=C\C/C=C\C/C=C\CCCCCCC(=O)OCC(O)COP(=O)(O)OCCN. The maximum atomic E-state index is 11.8. The van der Waals surface area contributed by atoms with Crippen LogP contribution in [0.15, 0.2) is 72.9 Å². The van der Waals surface area contributed by atoms with E-state index in [-0.39, 0.29) is 26.2 Å². The number of hydrogen-bond donors (Lipinski definition) is 3. The van der Waals surface area contributed by atoms with Crippen molar-refractivity contribution in [1.29, 1.82) is 0 Å². The second-order valence-corrected chi connectivity index (χ2v) is 10.5. The summed E-state index contributed by atoms with van der Waals surface area (Å²) in [6.45, 7) is 1.28. The van der Waals surface area contributed by atoms with Crippen LogP contribution in [0.1, 0.15) is 84.0 Å². The van der Waals surface area contributed by atoms with Crippen LogP contribution in [0, 0.1) is 0 Å². The summed E-state index contributed by atoms with van der Waals surface area (Å²) in [5.74, 6) is -0.414. The number of phosphoric ester groups is 1. The lowest BCUT2D eigenvalue weighted by Gasteiger charge is -2.15. The topological polar surface area (TPSA) is 128 Å². The Morgan fingerprint density at radius 3 is 1.77 bits per heavy atom. The van der Waals surface area contributed by atoms with Crippen LogP contribution >= 0.6 is 7.82 Å². The predicted molar refractivity (Wildman–Crippen MR) is 164 cm³/mol.